The summed E-state index contributed by atoms with van der Waals surface area (Å²) in [6, 6.07) is 7.97. The molecule has 1 fully saturated rings. The normalized spacial score (nSPS) is 20.7. The number of hydrogen-bond donors (Lipinski definition) is 2. The quantitative estimate of drug-likeness (QED) is 0.682. The van der Waals surface area contributed by atoms with Gasteiger partial charge in [0.15, 0.2) is 0 Å². The second-order valence-electron chi connectivity index (χ2n) is 5.10. The molecule has 8 nitrogen and oxygen atoms in total. The minimum absolute atomic E-state index is 0.0842. The molecule has 1 saturated heterocycles. The van der Waals surface area contributed by atoms with Crippen molar-refractivity contribution < 1.29 is 26.9 Å². The third-order valence-electron chi connectivity index (χ3n) is 3.18. The van der Waals surface area contributed by atoms with Crippen LogP contribution in [0.25, 0.3) is 0 Å². The van der Waals surface area contributed by atoms with Gasteiger partial charge in [0, 0.05) is 6.92 Å². The highest BCUT2D eigenvalue weighted by molar-refractivity contribution is 7.85. The van der Waals surface area contributed by atoms with E-state index in [1.54, 1.807) is 30.3 Å². The van der Waals surface area contributed by atoms with Crippen LogP contribution < -0.4 is 10.6 Å². The molecule has 23 heavy (non-hydrogen) atoms. The molecule has 126 valence electrons. The van der Waals surface area contributed by atoms with E-state index in [-0.39, 0.29) is 24.8 Å². The fourth-order valence-corrected chi connectivity index (χ4v) is 3.11. The summed E-state index contributed by atoms with van der Waals surface area (Å²) in [5, 5.41) is 4.98. The van der Waals surface area contributed by atoms with Gasteiger partial charge in [0.1, 0.15) is 11.9 Å². The number of rotatable bonds is 7. The summed E-state index contributed by atoms with van der Waals surface area (Å²) >= 11 is 0. The number of nitrogens with one attached hydrogen (secondary N) is 2. The van der Waals surface area contributed by atoms with Gasteiger partial charge in [-0.05, 0) is 5.56 Å². The van der Waals surface area contributed by atoms with Crippen LogP contribution in [0.1, 0.15) is 12.5 Å². The number of amides is 2. The first kappa shape index (κ1) is 17.2. The Morgan fingerprint density at radius 1 is 1.35 bits per heavy atom. The van der Waals surface area contributed by atoms with Crippen LogP contribution in [-0.2, 0) is 29.6 Å². The van der Waals surface area contributed by atoms with Crippen molar-refractivity contribution in [3.8, 4) is 0 Å². The average molecular weight is 342 g/mol. The number of cyclic esters (lactones) is 1. The van der Waals surface area contributed by atoms with Gasteiger partial charge in [-0.25, -0.2) is 4.79 Å². The maximum absolute atomic E-state index is 12.0. The molecule has 2 amide bonds. The maximum Gasteiger partial charge on any atom is 0.407 e. The fraction of sp³-hybridized carbons (Fsp3) is 0.429. The minimum Gasteiger partial charge on any atom is -0.442 e. The number of carbonyl (C=O) groups is 2. The van der Waals surface area contributed by atoms with Gasteiger partial charge in [-0.2, -0.15) is 8.42 Å². The first-order valence-corrected chi connectivity index (χ1v) is 8.56. The Morgan fingerprint density at radius 2 is 2.04 bits per heavy atom. The van der Waals surface area contributed by atoms with Crippen LogP contribution >= 0.6 is 0 Å². The van der Waals surface area contributed by atoms with Crippen molar-refractivity contribution in [2.75, 3.05) is 13.2 Å². The molecular formula is C14H18N2O6S. The minimum atomic E-state index is -3.79. The molecule has 1 aliphatic heterocycles. The Bertz CT molecular complexity index is 661. The van der Waals surface area contributed by atoms with Gasteiger partial charge < -0.3 is 15.4 Å². The summed E-state index contributed by atoms with van der Waals surface area (Å²) in [6.45, 7) is 1.16. The molecule has 1 aliphatic rings. The van der Waals surface area contributed by atoms with E-state index in [1.807, 2.05) is 0 Å². The highest BCUT2D eigenvalue weighted by Gasteiger charge is 2.35. The first-order chi connectivity index (χ1) is 10.9. The molecular weight excluding hydrogens is 324 g/mol. The molecule has 0 spiro atoms. The summed E-state index contributed by atoms with van der Waals surface area (Å²) in [7, 11) is -3.79. The molecule has 1 aromatic carbocycles. The predicted octanol–water partition coefficient (Wildman–Crippen LogP) is 0.146. The lowest BCUT2D eigenvalue weighted by atomic mass is 10.2. The molecule has 1 heterocycles. The first-order valence-electron chi connectivity index (χ1n) is 6.98. The van der Waals surface area contributed by atoms with Crippen LogP contribution in [0, 0.1) is 0 Å². The van der Waals surface area contributed by atoms with Gasteiger partial charge in [-0.15, -0.1) is 0 Å². The SMILES string of the molecule is CC(=O)NCC1OC(=O)NC1COS(=O)(=O)Cc1ccccc1. The van der Waals surface area contributed by atoms with E-state index in [1.165, 1.54) is 6.92 Å². The summed E-state index contributed by atoms with van der Waals surface area (Å²) in [4.78, 5) is 22.2. The van der Waals surface area contributed by atoms with Crippen LogP contribution in [0.4, 0.5) is 4.79 Å². The Kier molecular flexibility index (Phi) is 5.56. The molecule has 0 aliphatic carbocycles. The molecule has 0 aromatic heterocycles. The predicted molar refractivity (Wildman–Crippen MR) is 80.9 cm³/mol. The van der Waals surface area contributed by atoms with Crippen molar-refractivity contribution in [2.45, 2.75) is 24.8 Å². The highest BCUT2D eigenvalue weighted by Crippen LogP contribution is 2.12. The van der Waals surface area contributed by atoms with E-state index in [0.29, 0.717) is 5.56 Å². The van der Waals surface area contributed by atoms with E-state index in [2.05, 4.69) is 10.6 Å². The van der Waals surface area contributed by atoms with Gasteiger partial charge in [0.2, 0.25) is 5.91 Å². The summed E-state index contributed by atoms with van der Waals surface area (Å²) in [5.41, 5.74) is 0.606. The van der Waals surface area contributed by atoms with Gasteiger partial charge in [-0.1, -0.05) is 30.3 Å². The molecule has 9 heteroatoms. The standard InChI is InChI=1S/C14H18N2O6S/c1-10(17)15-7-13-12(16-14(18)22-13)8-21-23(19,20)9-11-5-3-2-4-6-11/h2-6,12-13H,7-9H2,1H3,(H,15,17)(H,16,18). The van der Waals surface area contributed by atoms with Crippen LogP contribution in [-0.4, -0.2) is 45.7 Å². The lowest BCUT2D eigenvalue weighted by molar-refractivity contribution is -0.119. The second kappa shape index (κ2) is 7.42. The number of ether oxygens (including phenoxy) is 1. The average Bonchev–Trinajstić information content (AvgIpc) is 2.84. The molecule has 0 bridgehead atoms. The molecule has 0 saturated carbocycles. The third-order valence-corrected chi connectivity index (χ3v) is 4.36. The van der Waals surface area contributed by atoms with Crippen molar-refractivity contribution in [2.24, 2.45) is 0 Å². The van der Waals surface area contributed by atoms with Gasteiger partial charge >= 0.3 is 6.09 Å². The second-order valence-corrected chi connectivity index (χ2v) is 6.74. The molecule has 2 unspecified atom stereocenters. The Hall–Kier alpha value is -2.13. The summed E-state index contributed by atoms with van der Waals surface area (Å²) < 4.78 is 33.9. The monoisotopic (exact) mass is 342 g/mol. The van der Waals surface area contributed by atoms with E-state index in [9.17, 15) is 18.0 Å². The van der Waals surface area contributed by atoms with Crippen LogP contribution in [0.2, 0.25) is 0 Å². The maximum atomic E-state index is 12.0. The van der Waals surface area contributed by atoms with Crippen LogP contribution in [0.5, 0.6) is 0 Å². The van der Waals surface area contributed by atoms with Crippen LogP contribution in [0.15, 0.2) is 30.3 Å². The Morgan fingerprint density at radius 3 is 2.70 bits per heavy atom. The number of hydrogen-bond acceptors (Lipinski definition) is 6. The van der Waals surface area contributed by atoms with Crippen molar-refractivity contribution in [1.29, 1.82) is 0 Å². The van der Waals surface area contributed by atoms with E-state index < -0.39 is 28.4 Å². The van der Waals surface area contributed by atoms with E-state index >= 15 is 0 Å². The van der Waals surface area contributed by atoms with Crippen molar-refractivity contribution in [3.05, 3.63) is 35.9 Å². The smallest absolute Gasteiger partial charge is 0.407 e. The van der Waals surface area contributed by atoms with Crippen LogP contribution in [0.3, 0.4) is 0 Å². The molecule has 2 rings (SSSR count). The van der Waals surface area contributed by atoms with Gasteiger partial charge in [0.05, 0.1) is 19.2 Å². The Labute approximate surface area is 134 Å². The van der Waals surface area contributed by atoms with Crippen molar-refractivity contribution in [3.63, 3.8) is 0 Å². The Balaban J connectivity index is 1.90. The number of alkyl carbamates (subject to hydrolysis) is 1. The molecule has 0 radical (unpaired) electrons. The molecule has 1 aromatic rings. The van der Waals surface area contributed by atoms with E-state index in [0.717, 1.165) is 0 Å². The lowest BCUT2D eigenvalue weighted by Gasteiger charge is -2.17. The topological polar surface area (TPSA) is 111 Å². The molecule has 2 N–H and O–H groups in total. The summed E-state index contributed by atoms with van der Waals surface area (Å²) in [5.74, 6) is -0.532. The van der Waals surface area contributed by atoms with Gasteiger partial charge in [0.25, 0.3) is 10.1 Å². The number of carbonyl (C=O) groups excluding carboxylic acids is 2. The van der Waals surface area contributed by atoms with E-state index in [4.69, 9.17) is 8.92 Å². The lowest BCUT2D eigenvalue weighted by Crippen LogP contribution is -2.42. The van der Waals surface area contributed by atoms with Gasteiger partial charge in [-0.3, -0.25) is 8.98 Å². The molecule has 2 atom stereocenters. The zero-order valence-electron chi connectivity index (χ0n) is 12.5. The van der Waals surface area contributed by atoms with Crippen molar-refractivity contribution in [1.82, 2.24) is 10.6 Å². The third kappa shape index (κ3) is 5.53. The zero-order valence-corrected chi connectivity index (χ0v) is 13.3. The highest BCUT2D eigenvalue weighted by atomic mass is 32.2. The number of benzene rings is 1. The fourth-order valence-electron chi connectivity index (χ4n) is 2.07. The summed E-state index contributed by atoms with van der Waals surface area (Å²) in [6.07, 6.45) is -1.35. The van der Waals surface area contributed by atoms with Crippen molar-refractivity contribution >= 4 is 22.1 Å². The zero-order chi connectivity index (χ0) is 16.9. The largest absolute Gasteiger partial charge is 0.442 e.